The van der Waals surface area contributed by atoms with Gasteiger partial charge in [0.1, 0.15) is 5.82 Å². The van der Waals surface area contributed by atoms with Crippen LogP contribution in [-0.2, 0) is 16.2 Å². The van der Waals surface area contributed by atoms with Crippen LogP contribution in [0.3, 0.4) is 0 Å². The smallest absolute Gasteiger partial charge is 0.346 e. The Labute approximate surface area is 181 Å². The zero-order valence-electron chi connectivity index (χ0n) is 16.0. The van der Waals surface area contributed by atoms with Gasteiger partial charge in [-0.1, -0.05) is 42.5 Å². The van der Waals surface area contributed by atoms with Crippen molar-refractivity contribution >= 4 is 27.6 Å². The number of sulfonamides is 1. The number of hydrogen-bond acceptors (Lipinski definition) is 6. The van der Waals surface area contributed by atoms with Gasteiger partial charge < -0.3 is 4.90 Å². The maximum Gasteiger partial charge on any atom is 0.451 e. The van der Waals surface area contributed by atoms with Gasteiger partial charge >= 0.3 is 6.18 Å². The minimum atomic E-state index is -4.74. The molecule has 4 rings (SSSR count). The molecule has 2 aromatic carbocycles. The summed E-state index contributed by atoms with van der Waals surface area (Å²) in [5.41, 5.74) is 1.22. The molecule has 11 heteroatoms. The predicted octanol–water partition coefficient (Wildman–Crippen LogP) is 3.99. The summed E-state index contributed by atoms with van der Waals surface area (Å²) in [6, 6.07) is 14.2. The summed E-state index contributed by atoms with van der Waals surface area (Å²) in [5.74, 6) is 0.0648. The number of benzene rings is 2. The van der Waals surface area contributed by atoms with Gasteiger partial charge in [-0.05, 0) is 17.7 Å². The average Bonchev–Trinajstić information content (AvgIpc) is 3.27. The Kier molecular flexibility index (Phi) is 5.67. The quantitative estimate of drug-likeness (QED) is 0.626. The summed E-state index contributed by atoms with van der Waals surface area (Å²) in [7, 11) is -4.01. The van der Waals surface area contributed by atoms with Gasteiger partial charge in [-0.15, -0.1) is 11.8 Å². The van der Waals surface area contributed by atoms with E-state index in [9.17, 15) is 21.6 Å². The number of anilines is 1. The van der Waals surface area contributed by atoms with E-state index in [2.05, 4.69) is 9.97 Å². The first-order valence-corrected chi connectivity index (χ1v) is 11.9. The molecular formula is C20H17F3N4O2S2. The monoisotopic (exact) mass is 466 g/mol. The molecular weight excluding hydrogens is 449 g/mol. The van der Waals surface area contributed by atoms with Gasteiger partial charge in [0.2, 0.25) is 15.8 Å². The molecule has 1 saturated heterocycles. The summed E-state index contributed by atoms with van der Waals surface area (Å²) >= 11 is 1.57. The van der Waals surface area contributed by atoms with Crippen LogP contribution in [0.1, 0.15) is 5.82 Å². The first-order valence-electron chi connectivity index (χ1n) is 9.15. The second-order valence-electron chi connectivity index (χ2n) is 6.83. The van der Waals surface area contributed by atoms with Crippen molar-refractivity contribution in [3.8, 4) is 22.4 Å². The highest BCUT2D eigenvalue weighted by Crippen LogP contribution is 2.41. The van der Waals surface area contributed by atoms with Crippen molar-refractivity contribution in [1.82, 2.24) is 9.97 Å². The van der Waals surface area contributed by atoms with Gasteiger partial charge in [-0.3, -0.25) is 0 Å². The topological polar surface area (TPSA) is 89.2 Å². The molecule has 3 aromatic rings. The molecule has 0 aliphatic carbocycles. The number of halogens is 3. The first-order chi connectivity index (χ1) is 14.6. The molecule has 0 atom stereocenters. The summed E-state index contributed by atoms with van der Waals surface area (Å²) < 4.78 is 64.7. The molecule has 0 unspecified atom stereocenters. The third kappa shape index (κ3) is 4.53. The highest BCUT2D eigenvalue weighted by molar-refractivity contribution is 7.99. The Morgan fingerprint density at radius 2 is 1.71 bits per heavy atom. The lowest BCUT2D eigenvalue weighted by Gasteiger charge is -2.23. The van der Waals surface area contributed by atoms with Crippen LogP contribution in [0.15, 0.2) is 59.5 Å². The predicted molar refractivity (Wildman–Crippen MR) is 114 cm³/mol. The molecule has 2 heterocycles. The van der Waals surface area contributed by atoms with E-state index in [-0.39, 0.29) is 16.4 Å². The Balaban J connectivity index is 2.06. The fraction of sp³-hybridized carbons (Fsp3) is 0.200. The third-order valence-electron chi connectivity index (χ3n) is 4.69. The molecule has 0 saturated carbocycles. The molecule has 2 N–H and O–H groups in total. The number of rotatable bonds is 4. The average molecular weight is 467 g/mol. The molecule has 0 spiro atoms. The van der Waals surface area contributed by atoms with E-state index >= 15 is 0 Å². The Morgan fingerprint density at radius 3 is 2.32 bits per heavy atom. The van der Waals surface area contributed by atoms with E-state index in [1.165, 1.54) is 18.2 Å². The van der Waals surface area contributed by atoms with Crippen molar-refractivity contribution in [1.29, 1.82) is 0 Å². The standard InChI is InChI=1S/C20H17F3N4O2S2/c21-20(22,23)19-25-17(13-5-2-1-3-6-13)16(18(26-19)27-9-10-30-12-27)14-7-4-8-15(11-14)31(24,28)29/h1-8,11H,9-10,12H2,(H2,24,28,29). The number of nitrogens with two attached hydrogens (primary N) is 1. The fourth-order valence-electron chi connectivity index (χ4n) is 3.28. The van der Waals surface area contributed by atoms with Gasteiger partial charge in [-0.2, -0.15) is 13.2 Å². The van der Waals surface area contributed by atoms with Crippen molar-refractivity contribution in [2.24, 2.45) is 5.14 Å². The van der Waals surface area contributed by atoms with E-state index in [0.717, 1.165) is 5.75 Å². The number of aromatic nitrogens is 2. The van der Waals surface area contributed by atoms with Gasteiger partial charge in [0.05, 0.1) is 22.0 Å². The van der Waals surface area contributed by atoms with E-state index in [0.29, 0.717) is 29.1 Å². The normalized spacial score (nSPS) is 14.8. The summed E-state index contributed by atoms with van der Waals surface area (Å²) in [4.78, 5) is 9.34. The SMILES string of the molecule is NS(=O)(=O)c1cccc(-c2c(-c3ccccc3)nc(C(F)(F)F)nc2N2CCSC2)c1. The molecule has 1 fully saturated rings. The van der Waals surface area contributed by atoms with Crippen molar-refractivity contribution in [2.45, 2.75) is 11.1 Å². The van der Waals surface area contributed by atoms with Gasteiger partial charge in [0.15, 0.2) is 0 Å². The number of nitrogens with zero attached hydrogens (tertiary/aromatic N) is 3. The van der Waals surface area contributed by atoms with E-state index in [1.807, 2.05) is 0 Å². The van der Waals surface area contributed by atoms with E-state index in [1.54, 1.807) is 53.1 Å². The van der Waals surface area contributed by atoms with Crippen LogP contribution in [0.4, 0.5) is 19.0 Å². The summed E-state index contributed by atoms with van der Waals surface area (Å²) in [6.45, 7) is 0.509. The second-order valence-corrected chi connectivity index (χ2v) is 9.47. The molecule has 0 radical (unpaired) electrons. The van der Waals surface area contributed by atoms with Crippen molar-refractivity contribution in [3.05, 3.63) is 60.4 Å². The first kappa shape index (κ1) is 21.6. The van der Waals surface area contributed by atoms with Crippen molar-refractivity contribution in [3.63, 3.8) is 0 Å². The van der Waals surface area contributed by atoms with E-state index in [4.69, 9.17) is 5.14 Å². The van der Waals surface area contributed by atoms with Crippen molar-refractivity contribution in [2.75, 3.05) is 23.1 Å². The van der Waals surface area contributed by atoms with Crippen LogP contribution in [0, 0.1) is 0 Å². The lowest BCUT2D eigenvalue weighted by Crippen LogP contribution is -2.23. The molecule has 1 aliphatic heterocycles. The minimum Gasteiger partial charge on any atom is -0.346 e. The molecule has 162 valence electrons. The van der Waals surface area contributed by atoms with Crippen LogP contribution < -0.4 is 10.0 Å². The molecule has 31 heavy (non-hydrogen) atoms. The summed E-state index contributed by atoms with van der Waals surface area (Å²) in [5, 5.41) is 5.27. The van der Waals surface area contributed by atoms with Crippen LogP contribution in [-0.4, -0.2) is 36.6 Å². The Bertz CT molecular complexity index is 1210. The molecule has 0 bridgehead atoms. The zero-order valence-corrected chi connectivity index (χ0v) is 17.6. The maximum absolute atomic E-state index is 13.7. The fourth-order valence-corrected chi connectivity index (χ4v) is 4.79. The molecule has 1 aromatic heterocycles. The number of thioether (sulfide) groups is 1. The number of alkyl halides is 3. The lowest BCUT2D eigenvalue weighted by molar-refractivity contribution is -0.144. The lowest BCUT2D eigenvalue weighted by atomic mass is 9.99. The molecule has 6 nitrogen and oxygen atoms in total. The molecule has 1 aliphatic rings. The van der Waals surface area contributed by atoms with Crippen LogP contribution in [0.2, 0.25) is 0 Å². The van der Waals surface area contributed by atoms with Gasteiger partial charge in [0.25, 0.3) is 0 Å². The van der Waals surface area contributed by atoms with Crippen LogP contribution in [0.25, 0.3) is 22.4 Å². The van der Waals surface area contributed by atoms with Gasteiger partial charge in [-0.25, -0.2) is 23.5 Å². The van der Waals surface area contributed by atoms with E-state index < -0.39 is 22.0 Å². The number of primary sulfonamides is 1. The zero-order chi connectivity index (χ0) is 22.2. The number of hydrogen-bond donors (Lipinski definition) is 1. The maximum atomic E-state index is 13.7. The molecule has 0 amide bonds. The highest BCUT2D eigenvalue weighted by atomic mass is 32.2. The van der Waals surface area contributed by atoms with Crippen LogP contribution in [0.5, 0.6) is 0 Å². The Morgan fingerprint density at radius 1 is 1.00 bits per heavy atom. The highest BCUT2D eigenvalue weighted by Gasteiger charge is 2.38. The van der Waals surface area contributed by atoms with Crippen molar-refractivity contribution < 1.29 is 21.6 Å². The summed E-state index contributed by atoms with van der Waals surface area (Å²) in [6.07, 6.45) is -4.74. The van der Waals surface area contributed by atoms with Crippen LogP contribution >= 0.6 is 11.8 Å². The third-order valence-corrected chi connectivity index (χ3v) is 6.57. The minimum absolute atomic E-state index is 0.0707. The van der Waals surface area contributed by atoms with Gasteiger partial charge in [0, 0.05) is 17.9 Å². The Hall–Kier alpha value is -2.63. The second kappa shape index (κ2) is 8.13. The largest absolute Gasteiger partial charge is 0.451 e.